The maximum atomic E-state index is 12.0. The zero-order chi connectivity index (χ0) is 16.7. The van der Waals surface area contributed by atoms with E-state index in [-0.39, 0.29) is 11.6 Å². The first kappa shape index (κ1) is 16.3. The molecule has 23 heavy (non-hydrogen) atoms. The molecule has 0 atom stereocenters. The van der Waals surface area contributed by atoms with Crippen molar-refractivity contribution in [2.45, 2.75) is 0 Å². The highest BCUT2D eigenvalue weighted by Gasteiger charge is 2.06. The fourth-order valence-corrected chi connectivity index (χ4v) is 1.95. The van der Waals surface area contributed by atoms with Crippen molar-refractivity contribution in [3.8, 4) is 5.75 Å². The number of anilines is 1. The van der Waals surface area contributed by atoms with Crippen molar-refractivity contribution < 1.29 is 14.5 Å². The van der Waals surface area contributed by atoms with Crippen molar-refractivity contribution in [3.63, 3.8) is 0 Å². The molecule has 0 radical (unpaired) electrons. The van der Waals surface area contributed by atoms with Gasteiger partial charge in [0.1, 0.15) is 5.75 Å². The monoisotopic (exact) mass is 315 g/mol. The zero-order valence-corrected chi connectivity index (χ0v) is 12.6. The number of non-ortho nitro benzene ring substituents is 1. The van der Waals surface area contributed by atoms with Crippen LogP contribution in [0.15, 0.2) is 48.5 Å². The third-order valence-electron chi connectivity index (χ3n) is 3.15. The number of hydrogen-bond acceptors (Lipinski definition) is 5. The Kier molecular flexibility index (Phi) is 5.51. The van der Waals surface area contributed by atoms with Crippen LogP contribution in [0.4, 0.5) is 11.4 Å². The van der Waals surface area contributed by atoms with Crippen LogP contribution < -0.4 is 15.4 Å². The Hall–Kier alpha value is -3.09. The highest BCUT2D eigenvalue weighted by atomic mass is 16.6. The molecule has 0 aliphatic carbocycles. The van der Waals surface area contributed by atoms with Gasteiger partial charge in [-0.2, -0.15) is 0 Å². The molecule has 2 aromatic carbocycles. The molecule has 0 aliphatic heterocycles. The molecule has 0 saturated heterocycles. The van der Waals surface area contributed by atoms with Crippen LogP contribution in [-0.4, -0.2) is 31.0 Å². The fraction of sp³-hybridized carbons (Fsp3) is 0.188. The van der Waals surface area contributed by atoms with Crippen molar-refractivity contribution >= 4 is 17.3 Å². The van der Waals surface area contributed by atoms with E-state index in [1.807, 2.05) is 0 Å². The number of ether oxygens (including phenoxy) is 1. The second-order valence-corrected chi connectivity index (χ2v) is 4.72. The fourth-order valence-electron chi connectivity index (χ4n) is 1.95. The molecule has 1 amide bonds. The van der Waals surface area contributed by atoms with Crippen LogP contribution in [0.3, 0.4) is 0 Å². The van der Waals surface area contributed by atoms with Gasteiger partial charge in [-0.25, -0.2) is 0 Å². The summed E-state index contributed by atoms with van der Waals surface area (Å²) in [7, 11) is 1.55. The molecule has 2 N–H and O–H groups in total. The number of carbonyl (C=O) groups is 1. The number of benzene rings is 2. The molecule has 0 bridgehead atoms. The largest absolute Gasteiger partial charge is 0.497 e. The number of amides is 1. The van der Waals surface area contributed by atoms with Gasteiger partial charge in [0.15, 0.2) is 0 Å². The zero-order valence-electron chi connectivity index (χ0n) is 12.6. The van der Waals surface area contributed by atoms with Gasteiger partial charge in [0.2, 0.25) is 0 Å². The summed E-state index contributed by atoms with van der Waals surface area (Å²) in [6.07, 6.45) is 0. The average Bonchev–Trinajstić information content (AvgIpc) is 2.59. The Labute approximate surface area is 133 Å². The van der Waals surface area contributed by atoms with Gasteiger partial charge in [0, 0.05) is 36.5 Å². The number of rotatable bonds is 7. The van der Waals surface area contributed by atoms with Crippen LogP contribution in [0, 0.1) is 10.1 Å². The standard InChI is InChI=1S/C16H17N3O4/c1-23-15-4-2-3-12(11-15)16(20)18-10-9-17-13-5-7-14(8-6-13)19(21)22/h2-8,11,17H,9-10H2,1H3,(H,18,20). The Bertz CT molecular complexity index is 686. The lowest BCUT2D eigenvalue weighted by Gasteiger charge is -2.08. The summed E-state index contributed by atoms with van der Waals surface area (Å²) in [5, 5.41) is 16.4. The molecule has 0 heterocycles. The maximum Gasteiger partial charge on any atom is 0.269 e. The van der Waals surface area contributed by atoms with Gasteiger partial charge in [-0.05, 0) is 30.3 Å². The minimum atomic E-state index is -0.446. The summed E-state index contributed by atoms with van der Waals surface area (Å²) in [5.74, 6) is 0.441. The Morgan fingerprint density at radius 3 is 2.57 bits per heavy atom. The minimum Gasteiger partial charge on any atom is -0.497 e. The summed E-state index contributed by atoms with van der Waals surface area (Å²) in [4.78, 5) is 22.1. The smallest absolute Gasteiger partial charge is 0.269 e. The number of hydrogen-bond donors (Lipinski definition) is 2. The van der Waals surface area contributed by atoms with E-state index < -0.39 is 4.92 Å². The molecule has 2 aromatic rings. The molecule has 0 unspecified atom stereocenters. The summed E-state index contributed by atoms with van der Waals surface area (Å²) < 4.78 is 5.07. The Morgan fingerprint density at radius 2 is 1.91 bits per heavy atom. The average molecular weight is 315 g/mol. The second-order valence-electron chi connectivity index (χ2n) is 4.72. The van der Waals surface area contributed by atoms with E-state index in [4.69, 9.17) is 4.74 Å². The van der Waals surface area contributed by atoms with Gasteiger partial charge < -0.3 is 15.4 Å². The van der Waals surface area contributed by atoms with E-state index in [0.717, 1.165) is 5.69 Å². The lowest BCUT2D eigenvalue weighted by molar-refractivity contribution is -0.384. The summed E-state index contributed by atoms with van der Waals surface area (Å²) in [5.41, 5.74) is 1.33. The van der Waals surface area contributed by atoms with Gasteiger partial charge >= 0.3 is 0 Å². The van der Waals surface area contributed by atoms with Gasteiger partial charge in [-0.1, -0.05) is 6.07 Å². The molecule has 120 valence electrons. The first-order chi connectivity index (χ1) is 11.1. The molecule has 0 saturated carbocycles. The van der Waals surface area contributed by atoms with Crippen LogP contribution in [0.25, 0.3) is 0 Å². The van der Waals surface area contributed by atoms with Crippen molar-refractivity contribution in [3.05, 3.63) is 64.2 Å². The van der Waals surface area contributed by atoms with E-state index in [0.29, 0.717) is 24.4 Å². The number of nitro benzene ring substituents is 1. The number of nitro groups is 1. The maximum absolute atomic E-state index is 12.0. The number of nitrogens with one attached hydrogen (secondary N) is 2. The minimum absolute atomic E-state index is 0.0434. The topological polar surface area (TPSA) is 93.5 Å². The molecule has 7 heteroatoms. The summed E-state index contributed by atoms with van der Waals surface area (Å²) in [6.45, 7) is 0.931. The number of carbonyl (C=O) groups excluding carboxylic acids is 1. The quantitative estimate of drug-likeness (QED) is 0.465. The molecular formula is C16H17N3O4. The van der Waals surface area contributed by atoms with Crippen molar-refractivity contribution in [1.29, 1.82) is 0 Å². The van der Waals surface area contributed by atoms with E-state index in [1.165, 1.54) is 12.1 Å². The molecule has 0 aromatic heterocycles. The Balaban J connectivity index is 1.78. The summed E-state index contributed by atoms with van der Waals surface area (Å²) >= 11 is 0. The van der Waals surface area contributed by atoms with Crippen molar-refractivity contribution in [2.75, 3.05) is 25.5 Å². The van der Waals surface area contributed by atoms with Crippen LogP contribution in [0.2, 0.25) is 0 Å². The molecule has 7 nitrogen and oxygen atoms in total. The van der Waals surface area contributed by atoms with E-state index in [1.54, 1.807) is 43.5 Å². The first-order valence-corrected chi connectivity index (χ1v) is 7.01. The van der Waals surface area contributed by atoms with Gasteiger partial charge in [-0.15, -0.1) is 0 Å². The van der Waals surface area contributed by atoms with Crippen LogP contribution in [-0.2, 0) is 0 Å². The first-order valence-electron chi connectivity index (χ1n) is 7.01. The third kappa shape index (κ3) is 4.70. The third-order valence-corrected chi connectivity index (χ3v) is 3.15. The highest BCUT2D eigenvalue weighted by Crippen LogP contribution is 2.15. The second kappa shape index (κ2) is 7.79. The van der Waals surface area contributed by atoms with E-state index in [2.05, 4.69) is 10.6 Å². The molecular weight excluding hydrogens is 298 g/mol. The lowest BCUT2D eigenvalue weighted by atomic mass is 10.2. The van der Waals surface area contributed by atoms with Crippen LogP contribution in [0.1, 0.15) is 10.4 Å². The van der Waals surface area contributed by atoms with Gasteiger partial charge in [0.05, 0.1) is 12.0 Å². The molecule has 0 spiro atoms. The number of methoxy groups -OCH3 is 1. The highest BCUT2D eigenvalue weighted by molar-refractivity contribution is 5.94. The van der Waals surface area contributed by atoms with Gasteiger partial charge in [0.25, 0.3) is 11.6 Å². The van der Waals surface area contributed by atoms with Gasteiger partial charge in [-0.3, -0.25) is 14.9 Å². The van der Waals surface area contributed by atoms with Crippen LogP contribution >= 0.6 is 0 Å². The molecule has 2 rings (SSSR count). The van der Waals surface area contributed by atoms with Crippen molar-refractivity contribution in [1.82, 2.24) is 5.32 Å². The van der Waals surface area contributed by atoms with Crippen LogP contribution in [0.5, 0.6) is 5.75 Å². The predicted molar refractivity (Wildman–Crippen MR) is 86.9 cm³/mol. The molecule has 0 fully saturated rings. The SMILES string of the molecule is COc1cccc(C(=O)NCCNc2ccc([N+](=O)[O-])cc2)c1. The normalized spacial score (nSPS) is 9.96. The van der Waals surface area contributed by atoms with E-state index >= 15 is 0 Å². The van der Waals surface area contributed by atoms with E-state index in [9.17, 15) is 14.9 Å². The predicted octanol–water partition coefficient (Wildman–Crippen LogP) is 2.45. The molecule has 0 aliphatic rings. The number of nitrogens with zero attached hydrogens (tertiary/aromatic N) is 1. The Morgan fingerprint density at radius 1 is 1.17 bits per heavy atom. The lowest BCUT2D eigenvalue weighted by Crippen LogP contribution is -2.28. The summed E-state index contributed by atoms with van der Waals surface area (Å²) in [6, 6.07) is 13.0. The van der Waals surface area contributed by atoms with Crippen molar-refractivity contribution in [2.24, 2.45) is 0 Å².